The Morgan fingerprint density at radius 3 is 3.20 bits per heavy atom. The SMILES string of the molecule is COC(=O)Nc1nn2cccc2c(=O)[nH]1. The van der Waals surface area contributed by atoms with Gasteiger partial charge in [0.15, 0.2) is 0 Å². The summed E-state index contributed by atoms with van der Waals surface area (Å²) in [6.45, 7) is 0. The Kier molecular flexibility index (Phi) is 2.13. The van der Waals surface area contributed by atoms with Gasteiger partial charge in [-0.25, -0.2) is 9.31 Å². The summed E-state index contributed by atoms with van der Waals surface area (Å²) in [5, 5.41) is 6.20. The van der Waals surface area contributed by atoms with Crippen LogP contribution in [0.4, 0.5) is 10.7 Å². The second kappa shape index (κ2) is 3.45. The molecule has 0 aliphatic carbocycles. The van der Waals surface area contributed by atoms with Crippen molar-refractivity contribution in [3.63, 3.8) is 0 Å². The summed E-state index contributed by atoms with van der Waals surface area (Å²) in [7, 11) is 1.22. The summed E-state index contributed by atoms with van der Waals surface area (Å²) in [5.74, 6) is 0.0375. The molecular formula is C8H8N4O3. The number of nitrogens with zero attached hydrogens (tertiary/aromatic N) is 2. The second-order valence-electron chi connectivity index (χ2n) is 2.76. The maximum Gasteiger partial charge on any atom is 0.413 e. The topological polar surface area (TPSA) is 88.5 Å². The van der Waals surface area contributed by atoms with E-state index < -0.39 is 6.09 Å². The van der Waals surface area contributed by atoms with Crippen molar-refractivity contribution in [1.29, 1.82) is 0 Å². The Morgan fingerprint density at radius 2 is 2.47 bits per heavy atom. The first kappa shape index (κ1) is 9.25. The third-order valence-corrected chi connectivity index (χ3v) is 1.81. The summed E-state index contributed by atoms with van der Waals surface area (Å²) in [5.41, 5.74) is 0.0758. The molecule has 0 radical (unpaired) electrons. The van der Waals surface area contributed by atoms with Gasteiger partial charge in [0.05, 0.1) is 7.11 Å². The number of nitrogens with one attached hydrogen (secondary N) is 2. The highest BCUT2D eigenvalue weighted by Crippen LogP contribution is 1.99. The van der Waals surface area contributed by atoms with Gasteiger partial charge in [-0.2, -0.15) is 0 Å². The number of H-pyrrole nitrogens is 1. The molecule has 2 N–H and O–H groups in total. The van der Waals surface area contributed by atoms with E-state index in [1.54, 1.807) is 18.3 Å². The molecule has 78 valence electrons. The van der Waals surface area contributed by atoms with Crippen molar-refractivity contribution in [1.82, 2.24) is 14.6 Å². The third-order valence-electron chi connectivity index (χ3n) is 1.81. The van der Waals surface area contributed by atoms with Crippen molar-refractivity contribution in [2.45, 2.75) is 0 Å². The van der Waals surface area contributed by atoms with Gasteiger partial charge in [0.25, 0.3) is 5.56 Å². The predicted octanol–water partition coefficient (Wildman–Crippen LogP) is 0.201. The molecule has 0 fully saturated rings. The minimum Gasteiger partial charge on any atom is -0.453 e. The fraction of sp³-hybridized carbons (Fsp3) is 0.125. The zero-order chi connectivity index (χ0) is 10.8. The molecule has 0 aliphatic rings. The van der Waals surface area contributed by atoms with E-state index in [1.807, 2.05) is 0 Å². The van der Waals surface area contributed by atoms with Crippen molar-refractivity contribution in [2.24, 2.45) is 0 Å². The zero-order valence-corrected chi connectivity index (χ0v) is 7.85. The molecule has 0 saturated carbocycles. The summed E-state index contributed by atoms with van der Waals surface area (Å²) in [6.07, 6.45) is 0.914. The van der Waals surface area contributed by atoms with E-state index in [1.165, 1.54) is 11.6 Å². The Morgan fingerprint density at radius 1 is 1.67 bits per heavy atom. The lowest BCUT2D eigenvalue weighted by Crippen LogP contribution is -2.20. The van der Waals surface area contributed by atoms with E-state index in [0.717, 1.165) is 0 Å². The Balaban J connectivity index is 2.45. The van der Waals surface area contributed by atoms with Gasteiger partial charge in [-0.1, -0.05) is 0 Å². The number of hydrogen-bond donors (Lipinski definition) is 2. The summed E-state index contributed by atoms with van der Waals surface area (Å²) >= 11 is 0. The zero-order valence-electron chi connectivity index (χ0n) is 7.85. The molecule has 0 unspecified atom stereocenters. The van der Waals surface area contributed by atoms with E-state index in [0.29, 0.717) is 5.52 Å². The molecule has 0 saturated heterocycles. The van der Waals surface area contributed by atoms with Crippen LogP contribution in [0.3, 0.4) is 0 Å². The van der Waals surface area contributed by atoms with Crippen LogP contribution in [0.5, 0.6) is 0 Å². The summed E-state index contributed by atoms with van der Waals surface area (Å²) in [4.78, 5) is 24.7. The Hall–Kier alpha value is -2.31. The molecule has 0 bridgehead atoms. The predicted molar refractivity (Wildman–Crippen MR) is 51.8 cm³/mol. The highest BCUT2D eigenvalue weighted by molar-refractivity contribution is 5.81. The van der Waals surface area contributed by atoms with E-state index in [4.69, 9.17) is 0 Å². The van der Waals surface area contributed by atoms with Gasteiger partial charge in [-0.3, -0.25) is 15.1 Å². The first-order valence-electron chi connectivity index (χ1n) is 4.13. The van der Waals surface area contributed by atoms with Crippen molar-refractivity contribution in [2.75, 3.05) is 12.4 Å². The molecule has 15 heavy (non-hydrogen) atoms. The number of rotatable bonds is 1. The largest absolute Gasteiger partial charge is 0.453 e. The van der Waals surface area contributed by atoms with Gasteiger partial charge in [-0.15, -0.1) is 5.10 Å². The van der Waals surface area contributed by atoms with Crippen LogP contribution in [0.2, 0.25) is 0 Å². The molecule has 2 aromatic rings. The standard InChI is InChI=1S/C8H8N4O3/c1-15-8(14)10-7-9-6(13)5-3-2-4-12(5)11-7/h2-4H,1H3,(H2,9,10,11,13,14). The lowest BCUT2D eigenvalue weighted by atomic mass is 10.5. The number of anilines is 1. The second-order valence-corrected chi connectivity index (χ2v) is 2.76. The van der Waals surface area contributed by atoms with E-state index >= 15 is 0 Å². The highest BCUT2D eigenvalue weighted by atomic mass is 16.5. The fourth-order valence-corrected chi connectivity index (χ4v) is 1.15. The molecule has 0 aromatic carbocycles. The van der Waals surface area contributed by atoms with Crippen molar-refractivity contribution >= 4 is 17.6 Å². The van der Waals surface area contributed by atoms with Gasteiger partial charge < -0.3 is 4.74 Å². The molecule has 2 rings (SSSR count). The molecule has 7 nitrogen and oxygen atoms in total. The van der Waals surface area contributed by atoms with Crippen LogP contribution in [-0.4, -0.2) is 27.8 Å². The quantitative estimate of drug-likeness (QED) is 0.700. The number of carbonyl (C=O) groups is 1. The first-order valence-corrected chi connectivity index (χ1v) is 4.13. The van der Waals surface area contributed by atoms with Crippen molar-refractivity contribution in [3.05, 3.63) is 28.7 Å². The highest BCUT2D eigenvalue weighted by Gasteiger charge is 2.05. The molecule has 2 heterocycles. The van der Waals surface area contributed by atoms with Gasteiger partial charge in [0, 0.05) is 6.20 Å². The van der Waals surface area contributed by atoms with Gasteiger partial charge >= 0.3 is 6.09 Å². The Labute approximate surface area is 83.7 Å². The number of aromatic amines is 1. The fourth-order valence-electron chi connectivity index (χ4n) is 1.15. The van der Waals surface area contributed by atoms with Crippen LogP contribution in [-0.2, 0) is 4.74 Å². The molecule has 0 atom stereocenters. The number of ether oxygens (including phenoxy) is 1. The van der Waals surface area contributed by atoms with E-state index in [2.05, 4.69) is 20.1 Å². The first-order chi connectivity index (χ1) is 7.20. The summed E-state index contributed by atoms with van der Waals surface area (Å²) < 4.78 is 5.73. The maximum atomic E-state index is 11.4. The number of methoxy groups -OCH3 is 1. The molecule has 0 spiro atoms. The molecule has 1 amide bonds. The smallest absolute Gasteiger partial charge is 0.413 e. The average molecular weight is 208 g/mol. The third kappa shape index (κ3) is 1.66. The molecule has 2 aromatic heterocycles. The van der Waals surface area contributed by atoms with E-state index in [-0.39, 0.29) is 11.5 Å². The lowest BCUT2D eigenvalue weighted by molar-refractivity contribution is 0.186. The van der Waals surface area contributed by atoms with Crippen LogP contribution in [0.15, 0.2) is 23.1 Å². The van der Waals surface area contributed by atoms with Gasteiger partial charge in [-0.05, 0) is 12.1 Å². The average Bonchev–Trinajstić information content (AvgIpc) is 2.66. The summed E-state index contributed by atoms with van der Waals surface area (Å²) in [6, 6.07) is 3.30. The molecule has 0 aliphatic heterocycles. The monoisotopic (exact) mass is 208 g/mol. The number of carbonyl (C=O) groups excluding carboxylic acids is 1. The molecular weight excluding hydrogens is 200 g/mol. The Bertz CT molecular complexity index is 556. The van der Waals surface area contributed by atoms with E-state index in [9.17, 15) is 9.59 Å². The van der Waals surface area contributed by atoms with Crippen molar-refractivity contribution < 1.29 is 9.53 Å². The van der Waals surface area contributed by atoms with Crippen LogP contribution in [0.25, 0.3) is 5.52 Å². The minimum atomic E-state index is -0.690. The molecule has 7 heteroatoms. The van der Waals surface area contributed by atoms with Crippen LogP contribution >= 0.6 is 0 Å². The van der Waals surface area contributed by atoms with Gasteiger partial charge in [0.1, 0.15) is 5.52 Å². The minimum absolute atomic E-state index is 0.0375. The van der Waals surface area contributed by atoms with Crippen LogP contribution in [0, 0.1) is 0 Å². The van der Waals surface area contributed by atoms with Gasteiger partial charge in [0.2, 0.25) is 5.95 Å². The van der Waals surface area contributed by atoms with Crippen LogP contribution < -0.4 is 10.9 Å². The van der Waals surface area contributed by atoms with Crippen LogP contribution in [0.1, 0.15) is 0 Å². The number of amides is 1. The normalized spacial score (nSPS) is 10.2. The maximum absolute atomic E-state index is 11.4. The number of aromatic nitrogens is 3. The lowest BCUT2D eigenvalue weighted by Gasteiger charge is -2.02. The number of fused-ring (bicyclic) bond motifs is 1. The number of hydrogen-bond acceptors (Lipinski definition) is 4. The van der Waals surface area contributed by atoms with Crippen molar-refractivity contribution in [3.8, 4) is 0 Å².